The third-order valence-corrected chi connectivity index (χ3v) is 3.66. The molecule has 1 amide bonds. The molecule has 0 spiro atoms. The highest BCUT2D eigenvalue weighted by Crippen LogP contribution is 2.29. The number of hydrogen-bond acceptors (Lipinski definition) is 3. The second kappa shape index (κ2) is 5.69. The number of rotatable bonds is 8. The summed E-state index contributed by atoms with van der Waals surface area (Å²) in [6.45, 7) is 3.66. The Hall–Kier alpha value is -1.10. The molecule has 0 aromatic carbocycles. The Morgan fingerprint density at radius 3 is 2.22 bits per heavy atom. The number of carboxylic acids is 1. The monoisotopic (exact) mass is 254 g/mol. The number of nitrogens with zero attached hydrogens (tertiary/aromatic N) is 2. The predicted octanol–water partition coefficient (Wildman–Crippen LogP) is 0.936. The topological polar surface area (TPSA) is 60.9 Å². The summed E-state index contributed by atoms with van der Waals surface area (Å²) in [5, 5.41) is 8.73. The van der Waals surface area contributed by atoms with Crippen molar-refractivity contribution in [3.63, 3.8) is 0 Å². The molecule has 1 N–H and O–H groups in total. The summed E-state index contributed by atoms with van der Waals surface area (Å²) in [4.78, 5) is 26.8. The van der Waals surface area contributed by atoms with E-state index in [1.807, 2.05) is 16.7 Å². The van der Waals surface area contributed by atoms with Crippen molar-refractivity contribution in [2.75, 3.05) is 19.6 Å². The zero-order chi connectivity index (χ0) is 13.1. The largest absolute Gasteiger partial charge is 0.481 e. The van der Waals surface area contributed by atoms with E-state index in [0.29, 0.717) is 25.2 Å². The zero-order valence-corrected chi connectivity index (χ0v) is 11.0. The third-order valence-electron chi connectivity index (χ3n) is 3.66. The maximum absolute atomic E-state index is 12.2. The molecule has 102 valence electrons. The van der Waals surface area contributed by atoms with Crippen LogP contribution in [0.1, 0.15) is 39.0 Å². The Kier molecular flexibility index (Phi) is 4.22. The predicted molar refractivity (Wildman–Crippen MR) is 67.3 cm³/mol. The van der Waals surface area contributed by atoms with E-state index < -0.39 is 5.97 Å². The molecule has 2 fully saturated rings. The van der Waals surface area contributed by atoms with Gasteiger partial charge in [-0.3, -0.25) is 14.5 Å². The highest BCUT2D eigenvalue weighted by Gasteiger charge is 2.35. The molecule has 0 unspecified atom stereocenters. The van der Waals surface area contributed by atoms with Gasteiger partial charge in [-0.05, 0) is 32.6 Å². The molecule has 5 heteroatoms. The number of carbonyl (C=O) groups is 2. The van der Waals surface area contributed by atoms with Crippen LogP contribution < -0.4 is 0 Å². The number of carboxylic acid groups (broad SMARTS) is 1. The standard InChI is InChI=1S/C13H22N2O3/c1-2-15(11-5-6-11)12(16)9-14(10-3-4-10)8-7-13(17)18/h10-11H,2-9H2,1H3,(H,17,18). The number of hydrogen-bond donors (Lipinski definition) is 1. The van der Waals surface area contributed by atoms with Crippen molar-refractivity contribution in [2.45, 2.75) is 51.1 Å². The van der Waals surface area contributed by atoms with Crippen LogP contribution in [0.5, 0.6) is 0 Å². The smallest absolute Gasteiger partial charge is 0.304 e. The fourth-order valence-electron chi connectivity index (χ4n) is 2.36. The first-order valence-electron chi connectivity index (χ1n) is 6.87. The van der Waals surface area contributed by atoms with Crippen LogP contribution in [0.15, 0.2) is 0 Å². The normalized spacial score (nSPS) is 19.0. The highest BCUT2D eigenvalue weighted by atomic mass is 16.4. The molecule has 2 aliphatic rings. The molecular weight excluding hydrogens is 232 g/mol. The SMILES string of the molecule is CCN(C(=O)CN(CCC(=O)O)C1CC1)C1CC1. The average Bonchev–Trinajstić information content (AvgIpc) is 3.15. The lowest BCUT2D eigenvalue weighted by Crippen LogP contribution is -2.42. The maximum atomic E-state index is 12.2. The minimum absolute atomic E-state index is 0.124. The van der Waals surface area contributed by atoms with E-state index in [9.17, 15) is 9.59 Å². The third kappa shape index (κ3) is 3.70. The number of likely N-dealkylation sites (N-methyl/N-ethyl adjacent to an activating group) is 1. The molecule has 0 aliphatic heterocycles. The van der Waals surface area contributed by atoms with Gasteiger partial charge in [0, 0.05) is 25.2 Å². The summed E-state index contributed by atoms with van der Waals surface area (Å²) in [7, 11) is 0. The van der Waals surface area contributed by atoms with Crippen LogP contribution in [0.25, 0.3) is 0 Å². The van der Waals surface area contributed by atoms with Crippen molar-refractivity contribution < 1.29 is 14.7 Å². The van der Waals surface area contributed by atoms with Gasteiger partial charge in [-0.15, -0.1) is 0 Å². The summed E-state index contributed by atoms with van der Waals surface area (Å²) in [5.74, 6) is -0.625. The van der Waals surface area contributed by atoms with E-state index in [1.165, 1.54) is 0 Å². The Balaban J connectivity index is 1.83. The quantitative estimate of drug-likeness (QED) is 0.700. The molecule has 2 rings (SSSR count). The van der Waals surface area contributed by atoms with Gasteiger partial charge in [0.1, 0.15) is 0 Å². The molecule has 0 atom stereocenters. The van der Waals surface area contributed by atoms with Gasteiger partial charge in [-0.25, -0.2) is 0 Å². The van der Waals surface area contributed by atoms with Gasteiger partial charge in [0.05, 0.1) is 13.0 Å². The fraction of sp³-hybridized carbons (Fsp3) is 0.846. The van der Waals surface area contributed by atoms with Gasteiger partial charge in [-0.2, -0.15) is 0 Å². The Morgan fingerprint density at radius 1 is 1.17 bits per heavy atom. The van der Waals surface area contributed by atoms with E-state index in [2.05, 4.69) is 0 Å². The minimum Gasteiger partial charge on any atom is -0.481 e. The number of carbonyl (C=O) groups excluding carboxylic acids is 1. The molecule has 18 heavy (non-hydrogen) atoms. The molecule has 0 aromatic rings. The minimum atomic E-state index is -0.789. The second-order valence-electron chi connectivity index (χ2n) is 5.26. The Labute approximate surface area is 108 Å². The van der Waals surface area contributed by atoms with Crippen LogP contribution in [-0.4, -0.2) is 58.5 Å². The van der Waals surface area contributed by atoms with Crippen molar-refractivity contribution in [1.29, 1.82) is 0 Å². The van der Waals surface area contributed by atoms with Gasteiger partial charge in [0.25, 0.3) is 0 Å². The van der Waals surface area contributed by atoms with Crippen LogP contribution in [-0.2, 0) is 9.59 Å². The molecule has 0 radical (unpaired) electrons. The molecule has 0 heterocycles. The summed E-state index contributed by atoms with van der Waals surface area (Å²) in [6.07, 6.45) is 4.57. The fourth-order valence-corrected chi connectivity index (χ4v) is 2.36. The van der Waals surface area contributed by atoms with Crippen LogP contribution in [0.2, 0.25) is 0 Å². The second-order valence-corrected chi connectivity index (χ2v) is 5.26. The van der Waals surface area contributed by atoms with Gasteiger partial charge in [0.2, 0.25) is 5.91 Å². The van der Waals surface area contributed by atoms with Crippen molar-refractivity contribution in [1.82, 2.24) is 9.80 Å². The molecule has 0 bridgehead atoms. The van der Waals surface area contributed by atoms with E-state index in [1.54, 1.807) is 0 Å². The maximum Gasteiger partial charge on any atom is 0.304 e. The van der Waals surface area contributed by atoms with Crippen LogP contribution >= 0.6 is 0 Å². The van der Waals surface area contributed by atoms with E-state index in [4.69, 9.17) is 5.11 Å². The van der Waals surface area contributed by atoms with Gasteiger partial charge in [0.15, 0.2) is 0 Å². The Morgan fingerprint density at radius 2 is 1.78 bits per heavy atom. The van der Waals surface area contributed by atoms with Crippen molar-refractivity contribution in [3.8, 4) is 0 Å². The van der Waals surface area contributed by atoms with Crippen molar-refractivity contribution in [2.24, 2.45) is 0 Å². The molecule has 0 aromatic heterocycles. The first-order valence-corrected chi connectivity index (χ1v) is 6.87. The summed E-state index contributed by atoms with van der Waals surface area (Å²) in [5.41, 5.74) is 0. The van der Waals surface area contributed by atoms with Gasteiger partial charge < -0.3 is 10.0 Å². The van der Waals surface area contributed by atoms with Crippen LogP contribution in [0.3, 0.4) is 0 Å². The zero-order valence-electron chi connectivity index (χ0n) is 11.0. The first-order chi connectivity index (χ1) is 8.61. The summed E-state index contributed by atoms with van der Waals surface area (Å²) >= 11 is 0. The molecule has 2 aliphatic carbocycles. The lowest BCUT2D eigenvalue weighted by atomic mass is 10.3. The highest BCUT2D eigenvalue weighted by molar-refractivity contribution is 5.79. The Bertz CT molecular complexity index is 324. The van der Waals surface area contributed by atoms with Crippen LogP contribution in [0.4, 0.5) is 0 Å². The lowest BCUT2D eigenvalue weighted by Gasteiger charge is -2.26. The van der Waals surface area contributed by atoms with Crippen LogP contribution in [0, 0.1) is 0 Å². The molecule has 0 saturated heterocycles. The first kappa shape index (κ1) is 13.3. The summed E-state index contributed by atoms with van der Waals surface area (Å²) in [6, 6.07) is 0.884. The average molecular weight is 254 g/mol. The number of aliphatic carboxylic acids is 1. The van der Waals surface area contributed by atoms with Crippen molar-refractivity contribution >= 4 is 11.9 Å². The van der Waals surface area contributed by atoms with E-state index in [0.717, 1.165) is 32.2 Å². The summed E-state index contributed by atoms with van der Waals surface area (Å²) < 4.78 is 0. The van der Waals surface area contributed by atoms with E-state index in [-0.39, 0.29) is 12.3 Å². The lowest BCUT2D eigenvalue weighted by molar-refractivity contribution is -0.138. The molecule has 5 nitrogen and oxygen atoms in total. The van der Waals surface area contributed by atoms with E-state index >= 15 is 0 Å². The van der Waals surface area contributed by atoms with Gasteiger partial charge in [-0.1, -0.05) is 0 Å². The molecule has 2 saturated carbocycles. The van der Waals surface area contributed by atoms with Gasteiger partial charge >= 0.3 is 5.97 Å². The van der Waals surface area contributed by atoms with Crippen molar-refractivity contribution in [3.05, 3.63) is 0 Å². The molecular formula is C13H22N2O3. The number of amides is 1.